The average Bonchev–Trinajstić information content (AvgIpc) is 3.17. The number of aliphatic hydroxyl groups excluding tert-OH is 1. The third-order valence-electron chi connectivity index (χ3n) is 5.54. The maximum absolute atomic E-state index is 13.0. The number of aryl methyl sites for hydroxylation is 1. The molecule has 1 amide bonds. The molecule has 0 aliphatic carbocycles. The monoisotopic (exact) mass is 409 g/mol. The van der Waals surface area contributed by atoms with Gasteiger partial charge in [0.05, 0.1) is 35.7 Å². The minimum atomic E-state index is -0.216. The number of amides is 1. The van der Waals surface area contributed by atoms with Crippen molar-refractivity contribution in [3.63, 3.8) is 0 Å². The molecular weight excluding hydrogens is 382 g/mol. The molecule has 8 nitrogen and oxygen atoms in total. The zero-order valence-electron chi connectivity index (χ0n) is 17.4. The van der Waals surface area contributed by atoms with Gasteiger partial charge in [-0.15, -0.1) is 0 Å². The Morgan fingerprint density at radius 2 is 2.17 bits per heavy atom. The maximum Gasteiger partial charge on any atom is 0.254 e. The van der Waals surface area contributed by atoms with Gasteiger partial charge in [-0.2, -0.15) is 5.10 Å². The zero-order valence-corrected chi connectivity index (χ0v) is 17.4. The Kier molecular flexibility index (Phi) is 6.08. The normalized spacial score (nSPS) is 17.4. The van der Waals surface area contributed by atoms with E-state index < -0.39 is 0 Å². The SMILES string of the molecule is CN(CCO)C(=O)c1cc(C2CN(Cc3ccnn3C)CCO2)nc2ccccc12. The van der Waals surface area contributed by atoms with Crippen LogP contribution in [0, 0.1) is 0 Å². The summed E-state index contributed by atoms with van der Waals surface area (Å²) < 4.78 is 7.93. The van der Waals surface area contributed by atoms with Crippen LogP contribution in [-0.4, -0.2) is 75.5 Å². The van der Waals surface area contributed by atoms with Gasteiger partial charge in [0.1, 0.15) is 6.10 Å². The van der Waals surface area contributed by atoms with E-state index in [0.29, 0.717) is 18.7 Å². The lowest BCUT2D eigenvalue weighted by atomic mass is 10.0. The number of likely N-dealkylation sites (N-methyl/N-ethyl adjacent to an activating group) is 1. The number of fused-ring (bicyclic) bond motifs is 1. The predicted octanol–water partition coefficient (Wildman–Crippen LogP) is 1.61. The van der Waals surface area contributed by atoms with Crippen LogP contribution in [0.3, 0.4) is 0 Å². The molecule has 1 aliphatic rings. The number of rotatable bonds is 6. The van der Waals surface area contributed by atoms with Gasteiger partial charge in [-0.1, -0.05) is 18.2 Å². The summed E-state index contributed by atoms with van der Waals surface area (Å²) in [6.45, 7) is 3.12. The second kappa shape index (κ2) is 8.91. The number of hydrogen-bond acceptors (Lipinski definition) is 6. The number of nitrogens with zero attached hydrogens (tertiary/aromatic N) is 5. The number of carbonyl (C=O) groups excluding carboxylic acids is 1. The maximum atomic E-state index is 13.0. The summed E-state index contributed by atoms with van der Waals surface area (Å²) in [4.78, 5) is 21.7. The van der Waals surface area contributed by atoms with E-state index in [9.17, 15) is 9.90 Å². The van der Waals surface area contributed by atoms with E-state index in [2.05, 4.69) is 10.00 Å². The lowest BCUT2D eigenvalue weighted by Gasteiger charge is -2.32. The molecule has 1 aliphatic heterocycles. The van der Waals surface area contributed by atoms with Crippen molar-refractivity contribution < 1.29 is 14.6 Å². The quantitative estimate of drug-likeness (QED) is 0.666. The molecule has 2 aromatic heterocycles. The first-order chi connectivity index (χ1) is 14.6. The fraction of sp³-hybridized carbons (Fsp3) is 0.409. The third-order valence-corrected chi connectivity index (χ3v) is 5.54. The van der Waals surface area contributed by atoms with Crippen molar-refractivity contribution in [2.75, 3.05) is 39.9 Å². The molecule has 1 fully saturated rings. The first-order valence-electron chi connectivity index (χ1n) is 10.1. The van der Waals surface area contributed by atoms with Gasteiger partial charge in [-0.05, 0) is 18.2 Å². The molecule has 0 radical (unpaired) electrons. The first kappa shape index (κ1) is 20.5. The minimum Gasteiger partial charge on any atom is -0.395 e. The average molecular weight is 409 g/mol. The minimum absolute atomic E-state index is 0.0766. The van der Waals surface area contributed by atoms with Crippen molar-refractivity contribution in [1.29, 1.82) is 0 Å². The topological polar surface area (TPSA) is 83.7 Å². The second-order valence-electron chi connectivity index (χ2n) is 7.60. The van der Waals surface area contributed by atoms with Crippen LogP contribution in [0.5, 0.6) is 0 Å². The van der Waals surface area contributed by atoms with Crippen LogP contribution in [0.4, 0.5) is 0 Å². The second-order valence-corrected chi connectivity index (χ2v) is 7.60. The Morgan fingerprint density at radius 1 is 1.33 bits per heavy atom. The molecule has 1 N–H and O–H groups in total. The Bertz CT molecular complexity index is 1030. The van der Waals surface area contributed by atoms with Crippen LogP contribution in [0.15, 0.2) is 42.6 Å². The van der Waals surface area contributed by atoms with Crippen LogP contribution >= 0.6 is 0 Å². The molecule has 0 saturated carbocycles. The van der Waals surface area contributed by atoms with E-state index in [-0.39, 0.29) is 25.2 Å². The molecule has 0 bridgehead atoms. The van der Waals surface area contributed by atoms with Crippen LogP contribution in [0.1, 0.15) is 27.8 Å². The van der Waals surface area contributed by atoms with E-state index in [0.717, 1.165) is 35.4 Å². The molecule has 1 aromatic carbocycles. The Hall–Kier alpha value is -2.81. The standard InChI is InChI=1S/C22H27N5O3/c1-25(9-11-28)22(29)18-13-20(24-19-6-4-3-5-17(18)19)21-15-27(10-12-30-21)14-16-7-8-23-26(16)2/h3-8,13,21,28H,9-12,14-15H2,1-2H3. The smallest absolute Gasteiger partial charge is 0.254 e. The van der Waals surface area contributed by atoms with Gasteiger partial charge in [-0.25, -0.2) is 4.98 Å². The Labute approximate surface area is 175 Å². The van der Waals surface area contributed by atoms with Crippen molar-refractivity contribution in [1.82, 2.24) is 24.6 Å². The summed E-state index contributed by atoms with van der Waals surface area (Å²) >= 11 is 0. The molecule has 3 aromatic rings. The molecule has 8 heteroatoms. The van der Waals surface area contributed by atoms with E-state index in [1.165, 1.54) is 4.90 Å². The lowest BCUT2D eigenvalue weighted by molar-refractivity contribution is -0.0355. The van der Waals surface area contributed by atoms with Crippen molar-refractivity contribution >= 4 is 16.8 Å². The van der Waals surface area contributed by atoms with Crippen molar-refractivity contribution in [2.45, 2.75) is 12.6 Å². The van der Waals surface area contributed by atoms with E-state index in [1.54, 1.807) is 13.2 Å². The number of carbonyl (C=O) groups is 1. The molecule has 1 unspecified atom stereocenters. The number of morpholine rings is 1. The lowest BCUT2D eigenvalue weighted by Crippen LogP contribution is -2.38. The molecule has 30 heavy (non-hydrogen) atoms. The number of aromatic nitrogens is 3. The van der Waals surface area contributed by atoms with Crippen LogP contribution in [0.2, 0.25) is 0 Å². The van der Waals surface area contributed by atoms with Gasteiger partial charge in [0.15, 0.2) is 0 Å². The van der Waals surface area contributed by atoms with Gasteiger partial charge in [-0.3, -0.25) is 14.4 Å². The first-order valence-corrected chi connectivity index (χ1v) is 10.1. The molecule has 0 spiro atoms. The Morgan fingerprint density at radius 3 is 2.93 bits per heavy atom. The number of pyridine rings is 1. The summed E-state index contributed by atoms with van der Waals surface area (Å²) in [5.41, 5.74) is 3.25. The molecule has 4 rings (SSSR count). The number of hydrogen-bond donors (Lipinski definition) is 1. The summed E-state index contributed by atoms with van der Waals surface area (Å²) in [7, 11) is 3.64. The number of para-hydroxylation sites is 1. The van der Waals surface area contributed by atoms with E-state index in [4.69, 9.17) is 9.72 Å². The van der Waals surface area contributed by atoms with Gasteiger partial charge in [0.25, 0.3) is 5.91 Å². The summed E-state index contributed by atoms with van der Waals surface area (Å²) in [5.74, 6) is -0.133. The van der Waals surface area contributed by atoms with Crippen LogP contribution in [0.25, 0.3) is 10.9 Å². The fourth-order valence-corrected chi connectivity index (χ4v) is 3.81. The van der Waals surface area contributed by atoms with Gasteiger partial charge < -0.3 is 14.7 Å². The van der Waals surface area contributed by atoms with Crippen LogP contribution < -0.4 is 0 Å². The van der Waals surface area contributed by atoms with Crippen LogP contribution in [-0.2, 0) is 18.3 Å². The summed E-state index contributed by atoms with van der Waals surface area (Å²) in [6, 6.07) is 11.5. The third kappa shape index (κ3) is 4.21. The van der Waals surface area contributed by atoms with E-state index in [1.807, 2.05) is 48.1 Å². The molecule has 1 atom stereocenters. The zero-order chi connectivity index (χ0) is 21.1. The van der Waals surface area contributed by atoms with Gasteiger partial charge >= 0.3 is 0 Å². The number of ether oxygens (including phenoxy) is 1. The highest BCUT2D eigenvalue weighted by Crippen LogP contribution is 2.27. The molecule has 1 saturated heterocycles. The molecular formula is C22H27N5O3. The molecule has 158 valence electrons. The van der Waals surface area contributed by atoms with Crippen molar-refractivity contribution in [3.8, 4) is 0 Å². The highest BCUT2D eigenvalue weighted by molar-refractivity contribution is 6.06. The summed E-state index contributed by atoms with van der Waals surface area (Å²) in [5, 5.41) is 14.3. The van der Waals surface area contributed by atoms with Crippen molar-refractivity contribution in [3.05, 3.63) is 59.5 Å². The van der Waals surface area contributed by atoms with E-state index >= 15 is 0 Å². The van der Waals surface area contributed by atoms with Gasteiger partial charge in [0.2, 0.25) is 0 Å². The predicted molar refractivity (Wildman–Crippen MR) is 113 cm³/mol. The fourth-order valence-electron chi connectivity index (χ4n) is 3.81. The number of aliphatic hydroxyl groups is 1. The highest BCUT2D eigenvalue weighted by atomic mass is 16.5. The number of benzene rings is 1. The Balaban J connectivity index is 1.63. The van der Waals surface area contributed by atoms with Crippen molar-refractivity contribution in [2.24, 2.45) is 7.05 Å². The highest BCUT2D eigenvalue weighted by Gasteiger charge is 2.26. The van der Waals surface area contributed by atoms with Gasteiger partial charge in [0, 0.05) is 51.9 Å². The molecule has 3 heterocycles. The largest absolute Gasteiger partial charge is 0.395 e. The summed E-state index contributed by atoms with van der Waals surface area (Å²) in [6.07, 6.45) is 1.59.